The van der Waals surface area contributed by atoms with Crippen LogP contribution in [0.3, 0.4) is 0 Å². The third-order valence-electron chi connectivity index (χ3n) is 9.84. The van der Waals surface area contributed by atoms with Gasteiger partial charge in [0.05, 0.1) is 39.5 Å². The molecule has 0 aliphatic rings. The van der Waals surface area contributed by atoms with Crippen molar-refractivity contribution in [2.75, 3.05) is 0 Å². The molecule has 0 N–H and O–H groups in total. The summed E-state index contributed by atoms with van der Waals surface area (Å²) >= 11 is 0. The molecule has 0 atom stereocenters. The molecule has 0 spiro atoms. The van der Waals surface area contributed by atoms with Crippen LogP contribution in [0.5, 0.6) is 0 Å². The second-order valence-electron chi connectivity index (χ2n) is 15.5. The summed E-state index contributed by atoms with van der Waals surface area (Å²) in [5.41, 5.74) is 15.4. The Morgan fingerprint density at radius 1 is 0.490 bits per heavy atom. The average Bonchev–Trinajstić information content (AvgIpc) is 3.35. The van der Waals surface area contributed by atoms with E-state index in [-0.39, 0.29) is 27.5 Å². The molecule has 1 heterocycles. The Balaban J connectivity index is 1.71. The van der Waals surface area contributed by atoms with Gasteiger partial charge in [-0.05, 0) is 131 Å². The number of nitrogens with zero attached hydrogens (tertiary/aromatic N) is 4. The van der Waals surface area contributed by atoms with E-state index in [1.807, 2.05) is 4.57 Å². The van der Waals surface area contributed by atoms with Crippen molar-refractivity contribution in [1.29, 1.82) is 15.8 Å². The van der Waals surface area contributed by atoms with E-state index < -0.39 is 0 Å². The second-order valence-corrected chi connectivity index (χ2v) is 15.5. The molecule has 0 fully saturated rings. The van der Waals surface area contributed by atoms with Crippen LogP contribution in [0, 0.1) is 61.7 Å². The van der Waals surface area contributed by atoms with Gasteiger partial charge < -0.3 is 4.57 Å². The predicted octanol–water partition coefficient (Wildman–Crippen LogP) is 11.6. The number of aryl methyl sites for hydroxylation is 4. The predicted molar refractivity (Wildman–Crippen MR) is 202 cm³/mol. The van der Waals surface area contributed by atoms with Crippen LogP contribution >= 0.6 is 0 Å². The average molecular weight is 639 g/mol. The Morgan fingerprint density at radius 2 is 0.857 bits per heavy atom. The fourth-order valence-electron chi connectivity index (χ4n) is 7.39. The summed E-state index contributed by atoms with van der Waals surface area (Å²) in [5, 5.41) is 32.3. The van der Waals surface area contributed by atoms with Gasteiger partial charge in [0.2, 0.25) is 0 Å². The summed E-state index contributed by atoms with van der Waals surface area (Å²) in [6.07, 6.45) is 0. The first-order valence-corrected chi connectivity index (χ1v) is 16.8. The topological polar surface area (TPSA) is 76.3 Å². The Hall–Kier alpha value is -5.63. The fraction of sp³-hybridized carbons (Fsp3) is 0.267. The molecule has 0 unspecified atom stereocenters. The van der Waals surface area contributed by atoms with Gasteiger partial charge >= 0.3 is 0 Å². The highest BCUT2D eigenvalue weighted by molar-refractivity contribution is 6.12. The third kappa shape index (κ3) is 5.67. The van der Waals surface area contributed by atoms with Gasteiger partial charge in [-0.1, -0.05) is 77.9 Å². The van der Waals surface area contributed by atoms with Crippen molar-refractivity contribution in [2.24, 2.45) is 0 Å². The first-order valence-electron chi connectivity index (χ1n) is 16.8. The van der Waals surface area contributed by atoms with E-state index in [0.717, 1.165) is 32.9 Å². The number of hydrogen-bond acceptors (Lipinski definition) is 3. The number of rotatable bonds is 3. The van der Waals surface area contributed by atoms with E-state index in [1.54, 1.807) is 12.1 Å². The number of aromatic nitrogens is 1. The lowest BCUT2D eigenvalue weighted by molar-refractivity contribution is 0.589. The van der Waals surface area contributed by atoms with Gasteiger partial charge in [0, 0.05) is 10.8 Å². The van der Waals surface area contributed by atoms with Gasteiger partial charge in [-0.2, -0.15) is 15.8 Å². The van der Waals surface area contributed by atoms with Crippen LogP contribution in [0.4, 0.5) is 0 Å². The molecule has 4 heteroatoms. The van der Waals surface area contributed by atoms with Crippen LogP contribution in [0.15, 0.2) is 72.8 Å². The smallest absolute Gasteiger partial charge is 0.101 e. The monoisotopic (exact) mass is 638 g/mol. The summed E-state index contributed by atoms with van der Waals surface area (Å²) in [4.78, 5) is 0. The van der Waals surface area contributed by atoms with Crippen molar-refractivity contribution in [3.8, 4) is 46.1 Å². The zero-order valence-electron chi connectivity index (χ0n) is 30.2. The van der Waals surface area contributed by atoms with E-state index in [9.17, 15) is 15.8 Å². The van der Waals surface area contributed by atoms with Gasteiger partial charge in [0.1, 0.15) is 12.1 Å². The molecule has 5 aromatic carbocycles. The number of fused-ring (bicyclic) bond motifs is 3. The highest BCUT2D eigenvalue weighted by Gasteiger charge is 2.23. The Labute approximate surface area is 290 Å². The molecule has 242 valence electrons. The van der Waals surface area contributed by atoms with Gasteiger partial charge in [0.25, 0.3) is 0 Å². The Bertz CT molecular complexity index is 2260. The molecule has 1 aromatic heterocycles. The molecule has 0 saturated carbocycles. The summed E-state index contributed by atoms with van der Waals surface area (Å²) in [6.45, 7) is 22.2. The fourth-order valence-corrected chi connectivity index (χ4v) is 7.39. The van der Waals surface area contributed by atoms with Crippen LogP contribution in [0.2, 0.25) is 0 Å². The van der Waals surface area contributed by atoms with Crippen LogP contribution in [0.1, 0.15) is 91.6 Å². The van der Waals surface area contributed by atoms with Crippen molar-refractivity contribution in [3.63, 3.8) is 0 Å². The summed E-state index contributed by atoms with van der Waals surface area (Å²) in [7, 11) is 0. The highest BCUT2D eigenvalue weighted by atomic mass is 15.0. The molecule has 6 aromatic rings. The van der Waals surface area contributed by atoms with Crippen molar-refractivity contribution in [1.82, 2.24) is 4.57 Å². The van der Waals surface area contributed by atoms with Gasteiger partial charge in [-0.3, -0.25) is 0 Å². The van der Waals surface area contributed by atoms with Crippen molar-refractivity contribution in [2.45, 2.75) is 80.1 Å². The van der Waals surface area contributed by atoms with Gasteiger partial charge in [-0.15, -0.1) is 0 Å². The maximum Gasteiger partial charge on any atom is 0.101 e. The Morgan fingerprint density at radius 3 is 1.16 bits per heavy atom. The van der Waals surface area contributed by atoms with E-state index in [4.69, 9.17) is 0 Å². The molecule has 4 nitrogen and oxygen atoms in total. The van der Waals surface area contributed by atoms with E-state index in [2.05, 4.69) is 148 Å². The molecule has 0 saturated heterocycles. The molecule has 0 aliphatic carbocycles. The SMILES string of the molecule is Cc1cc(C(C)(C)C)cc(C)c1-c1ccc2c(c1)c1cc(-c3c(C)cc(C(C)(C)C)cc3C)ccc1n2-c1c(C#N)cc(C#N)cc1C#N. The lowest BCUT2D eigenvalue weighted by Crippen LogP contribution is -2.12. The minimum absolute atomic E-state index is 0.0428. The van der Waals surface area contributed by atoms with E-state index >= 15 is 0 Å². The minimum Gasteiger partial charge on any atom is -0.307 e. The molecule has 49 heavy (non-hydrogen) atoms. The number of benzene rings is 5. The lowest BCUT2D eigenvalue weighted by Gasteiger charge is -2.22. The quantitative estimate of drug-likeness (QED) is 0.193. The summed E-state index contributed by atoms with van der Waals surface area (Å²) < 4.78 is 2.03. The first-order chi connectivity index (χ1) is 23.1. The molecule has 0 radical (unpaired) electrons. The maximum atomic E-state index is 10.3. The van der Waals surface area contributed by atoms with Crippen LogP contribution in [0.25, 0.3) is 49.7 Å². The van der Waals surface area contributed by atoms with Crippen molar-refractivity contribution >= 4 is 21.8 Å². The third-order valence-corrected chi connectivity index (χ3v) is 9.84. The standard InChI is InChI=1S/C45H42N4/c1-26-15-35(44(5,6)7)16-27(2)41(26)31-11-13-39-37(21-31)38-22-32(42-28(3)17-36(18-29(42)4)45(8,9)10)12-14-40(38)49(39)43-33(24-47)19-30(23-46)20-34(43)25-48/h11-22H,1-10H3. The maximum absolute atomic E-state index is 10.3. The highest BCUT2D eigenvalue weighted by Crippen LogP contribution is 2.42. The molecule has 6 rings (SSSR count). The van der Waals surface area contributed by atoms with Crippen molar-refractivity contribution < 1.29 is 0 Å². The first kappa shape index (κ1) is 33.3. The van der Waals surface area contributed by atoms with Gasteiger partial charge in [0.15, 0.2) is 0 Å². The molecular formula is C45H42N4. The normalized spacial score (nSPS) is 11.8. The molecule has 0 bridgehead atoms. The largest absolute Gasteiger partial charge is 0.307 e. The van der Waals surface area contributed by atoms with Gasteiger partial charge in [-0.25, -0.2) is 0 Å². The lowest BCUT2D eigenvalue weighted by atomic mass is 9.82. The zero-order valence-corrected chi connectivity index (χ0v) is 30.2. The Kier molecular flexibility index (Phi) is 8.02. The van der Waals surface area contributed by atoms with Crippen molar-refractivity contribution in [3.05, 3.63) is 123 Å². The molecule has 0 amide bonds. The van der Waals surface area contributed by atoms with Crippen LogP contribution in [-0.4, -0.2) is 4.57 Å². The minimum atomic E-state index is 0.0428. The van der Waals surface area contributed by atoms with Crippen LogP contribution < -0.4 is 0 Å². The van der Waals surface area contributed by atoms with E-state index in [1.165, 1.54) is 44.5 Å². The number of hydrogen-bond donors (Lipinski definition) is 0. The number of nitriles is 3. The molecular weight excluding hydrogens is 597 g/mol. The van der Waals surface area contributed by atoms with Crippen LogP contribution in [-0.2, 0) is 10.8 Å². The zero-order chi connectivity index (χ0) is 35.6. The summed E-state index contributed by atoms with van der Waals surface area (Å²) in [6, 6.07) is 32.0. The summed E-state index contributed by atoms with van der Waals surface area (Å²) in [5.74, 6) is 0. The second kappa shape index (κ2) is 11.8. The molecule has 0 aliphatic heterocycles. The van der Waals surface area contributed by atoms with E-state index in [0.29, 0.717) is 5.69 Å².